The zero-order valence-electron chi connectivity index (χ0n) is 10.8. The van der Waals surface area contributed by atoms with Crippen LogP contribution in [0, 0.1) is 0 Å². The van der Waals surface area contributed by atoms with Crippen LogP contribution in [0.1, 0.15) is 0 Å². The van der Waals surface area contributed by atoms with Crippen LogP contribution in [0.4, 0.5) is 10.8 Å². The van der Waals surface area contributed by atoms with Crippen molar-refractivity contribution in [2.24, 2.45) is 0 Å². The maximum absolute atomic E-state index is 11.3. The highest BCUT2D eigenvalue weighted by atomic mass is 32.2. The lowest BCUT2D eigenvalue weighted by atomic mass is 10.3. The molecule has 7 nitrogen and oxygen atoms in total. The van der Waals surface area contributed by atoms with Crippen molar-refractivity contribution in [2.75, 3.05) is 17.3 Å². The molecule has 0 fully saturated rings. The van der Waals surface area contributed by atoms with Crippen molar-refractivity contribution in [2.45, 2.75) is 9.24 Å². The number of aromatic nitrogens is 2. The summed E-state index contributed by atoms with van der Waals surface area (Å²) in [5.41, 5.74) is 0.674. The molecule has 0 aliphatic rings. The van der Waals surface area contributed by atoms with Gasteiger partial charge in [-0.25, -0.2) is 8.42 Å². The normalized spacial score (nSPS) is 11.3. The van der Waals surface area contributed by atoms with Gasteiger partial charge in [-0.1, -0.05) is 23.1 Å². The van der Waals surface area contributed by atoms with Gasteiger partial charge < -0.3 is 10.4 Å². The second kappa shape index (κ2) is 6.41. The second-order valence-corrected chi connectivity index (χ2v) is 8.19. The molecule has 0 saturated carbocycles. The number of carbonyl (C=O) groups is 1. The van der Waals surface area contributed by atoms with Crippen LogP contribution < -0.4 is 5.32 Å². The number of aliphatic carboxylic acids is 1. The average molecular weight is 345 g/mol. The monoisotopic (exact) mass is 345 g/mol. The van der Waals surface area contributed by atoms with Gasteiger partial charge in [0.05, 0.1) is 10.6 Å². The van der Waals surface area contributed by atoms with Crippen LogP contribution in [0.3, 0.4) is 0 Å². The molecule has 0 aliphatic carbocycles. The first-order valence-corrected chi connectivity index (χ1v) is 9.29. The molecule has 0 aliphatic heterocycles. The largest absolute Gasteiger partial charge is 0.481 e. The van der Waals surface area contributed by atoms with Crippen molar-refractivity contribution in [3.8, 4) is 0 Å². The first-order chi connectivity index (χ1) is 9.84. The molecule has 0 spiro atoms. The Bertz CT molecular complexity index is 740. The predicted octanol–water partition coefficient (Wildman–Crippen LogP) is 1.86. The molecule has 21 heavy (non-hydrogen) atoms. The van der Waals surface area contributed by atoms with E-state index in [1.54, 1.807) is 12.1 Å². The summed E-state index contributed by atoms with van der Waals surface area (Å²) in [6, 6.07) is 6.25. The summed E-state index contributed by atoms with van der Waals surface area (Å²) in [6.45, 7) is 0. The molecule has 0 amide bonds. The molecule has 1 heterocycles. The second-order valence-electron chi connectivity index (χ2n) is 3.98. The number of nitrogens with one attached hydrogen (secondary N) is 1. The zero-order valence-corrected chi connectivity index (χ0v) is 13.3. The maximum Gasteiger partial charge on any atom is 0.313 e. The number of benzene rings is 1. The van der Waals surface area contributed by atoms with Gasteiger partial charge in [-0.05, 0) is 24.3 Å². The summed E-state index contributed by atoms with van der Waals surface area (Å²) >= 11 is 2.32. The van der Waals surface area contributed by atoms with E-state index in [0.29, 0.717) is 15.2 Å². The number of rotatable bonds is 6. The predicted molar refractivity (Wildman–Crippen MR) is 81.1 cm³/mol. The van der Waals surface area contributed by atoms with Gasteiger partial charge >= 0.3 is 5.97 Å². The van der Waals surface area contributed by atoms with Crippen molar-refractivity contribution in [1.29, 1.82) is 0 Å². The van der Waals surface area contributed by atoms with Crippen LogP contribution in [-0.4, -0.2) is 41.7 Å². The van der Waals surface area contributed by atoms with Crippen LogP contribution in [-0.2, 0) is 14.6 Å². The van der Waals surface area contributed by atoms with Gasteiger partial charge in [0.15, 0.2) is 14.2 Å². The molecule has 2 N–H and O–H groups in total. The van der Waals surface area contributed by atoms with Gasteiger partial charge in [0.1, 0.15) is 0 Å². The Morgan fingerprint density at radius 3 is 2.57 bits per heavy atom. The van der Waals surface area contributed by atoms with Gasteiger partial charge in [0.2, 0.25) is 5.13 Å². The molecule has 2 rings (SSSR count). The molecule has 0 unspecified atom stereocenters. The average Bonchev–Trinajstić information content (AvgIpc) is 2.83. The van der Waals surface area contributed by atoms with Gasteiger partial charge in [-0.2, -0.15) is 0 Å². The van der Waals surface area contributed by atoms with Crippen molar-refractivity contribution >= 4 is 49.7 Å². The molecular weight excluding hydrogens is 334 g/mol. The lowest BCUT2D eigenvalue weighted by molar-refractivity contribution is -0.133. The van der Waals surface area contributed by atoms with Gasteiger partial charge in [-0.3, -0.25) is 4.79 Å². The fourth-order valence-corrected chi connectivity index (χ4v) is 3.47. The third kappa shape index (κ3) is 4.69. The van der Waals surface area contributed by atoms with Crippen LogP contribution in [0.2, 0.25) is 0 Å². The third-order valence-electron chi connectivity index (χ3n) is 2.26. The van der Waals surface area contributed by atoms with Crippen LogP contribution in [0.5, 0.6) is 0 Å². The van der Waals surface area contributed by atoms with E-state index in [-0.39, 0.29) is 10.6 Å². The number of anilines is 2. The van der Waals surface area contributed by atoms with Crippen molar-refractivity contribution in [1.82, 2.24) is 10.2 Å². The Kier molecular flexibility index (Phi) is 4.80. The Morgan fingerprint density at radius 2 is 2.00 bits per heavy atom. The number of hydrogen-bond donors (Lipinski definition) is 2. The van der Waals surface area contributed by atoms with E-state index in [4.69, 9.17) is 5.11 Å². The van der Waals surface area contributed by atoms with Crippen LogP contribution in [0.25, 0.3) is 0 Å². The van der Waals surface area contributed by atoms with Crippen LogP contribution >= 0.6 is 23.1 Å². The summed E-state index contributed by atoms with van der Waals surface area (Å²) in [5.74, 6) is -0.987. The molecule has 2 aromatic rings. The fourth-order valence-electron chi connectivity index (χ4n) is 1.35. The van der Waals surface area contributed by atoms with E-state index in [1.165, 1.54) is 23.5 Å². The Morgan fingerprint density at radius 1 is 1.33 bits per heavy atom. The lowest BCUT2D eigenvalue weighted by Gasteiger charge is -2.03. The first-order valence-electron chi connectivity index (χ1n) is 5.60. The number of sulfone groups is 1. The highest BCUT2D eigenvalue weighted by Gasteiger charge is 2.09. The zero-order chi connectivity index (χ0) is 15.5. The Balaban J connectivity index is 2.03. The summed E-state index contributed by atoms with van der Waals surface area (Å²) in [6.07, 6.45) is 1.14. The van der Waals surface area contributed by atoms with E-state index in [9.17, 15) is 13.2 Å². The minimum absolute atomic E-state index is 0.0717. The van der Waals surface area contributed by atoms with E-state index in [1.807, 2.05) is 0 Å². The number of nitrogens with zero attached hydrogens (tertiary/aromatic N) is 2. The molecular formula is C11H11N3O4S3. The highest BCUT2D eigenvalue weighted by Crippen LogP contribution is 2.27. The molecule has 0 bridgehead atoms. The van der Waals surface area contributed by atoms with Crippen LogP contribution in [0.15, 0.2) is 33.5 Å². The Labute approximate surface area is 129 Å². The molecule has 0 saturated heterocycles. The maximum atomic E-state index is 11.3. The SMILES string of the molecule is CS(=O)(=O)c1ccc(Nc2nnc(SCC(=O)O)s2)cc1. The van der Waals surface area contributed by atoms with Gasteiger partial charge in [0, 0.05) is 11.9 Å². The molecule has 0 atom stereocenters. The van der Waals surface area contributed by atoms with E-state index in [0.717, 1.165) is 18.0 Å². The van der Waals surface area contributed by atoms with Crippen molar-refractivity contribution in [3.05, 3.63) is 24.3 Å². The summed E-state index contributed by atoms with van der Waals surface area (Å²) in [5, 5.41) is 19.8. The van der Waals surface area contributed by atoms with Gasteiger partial charge in [-0.15, -0.1) is 10.2 Å². The standard InChI is InChI=1S/C11H11N3O4S3/c1-21(17,18)8-4-2-7(3-5-8)12-10-13-14-11(20-10)19-6-9(15)16/h2-5H,6H2,1H3,(H,12,13)(H,15,16). The van der Waals surface area contributed by atoms with Crippen molar-refractivity contribution in [3.63, 3.8) is 0 Å². The molecule has 1 aromatic heterocycles. The number of carboxylic acids is 1. The van der Waals surface area contributed by atoms with E-state index < -0.39 is 15.8 Å². The summed E-state index contributed by atoms with van der Waals surface area (Å²) < 4.78 is 23.2. The van der Waals surface area contributed by atoms with E-state index in [2.05, 4.69) is 15.5 Å². The van der Waals surface area contributed by atoms with E-state index >= 15 is 0 Å². The number of hydrogen-bond acceptors (Lipinski definition) is 8. The lowest BCUT2D eigenvalue weighted by Crippen LogP contribution is -1.97. The number of carboxylic acid groups (broad SMARTS) is 1. The molecule has 0 radical (unpaired) electrons. The number of thioether (sulfide) groups is 1. The summed E-state index contributed by atoms with van der Waals surface area (Å²) in [7, 11) is -3.22. The third-order valence-corrected chi connectivity index (χ3v) is 5.34. The molecule has 10 heteroatoms. The fraction of sp³-hybridized carbons (Fsp3) is 0.182. The first kappa shape index (κ1) is 15.7. The topological polar surface area (TPSA) is 109 Å². The minimum Gasteiger partial charge on any atom is -0.481 e. The Hall–Kier alpha value is -1.65. The van der Waals surface area contributed by atoms with Crippen molar-refractivity contribution < 1.29 is 18.3 Å². The smallest absolute Gasteiger partial charge is 0.313 e. The summed E-state index contributed by atoms with van der Waals surface area (Å²) in [4.78, 5) is 10.7. The quantitative estimate of drug-likeness (QED) is 0.764. The molecule has 112 valence electrons. The van der Waals surface area contributed by atoms with Gasteiger partial charge in [0.25, 0.3) is 0 Å². The highest BCUT2D eigenvalue weighted by molar-refractivity contribution is 8.01. The minimum atomic E-state index is -3.22. The molecule has 1 aromatic carbocycles.